The predicted octanol–water partition coefficient (Wildman–Crippen LogP) is 7.62. The predicted molar refractivity (Wildman–Crippen MR) is 94.2 cm³/mol. The van der Waals surface area contributed by atoms with Gasteiger partial charge in [-0.1, -0.05) is 98.8 Å². The standard InChI is InChI=1S/C20H42/c1-6-11-18(12-7-2)16-20(15-10-5)17-19(13-8-3)14-9-4/h18-20H,6-17H2,1-5H3. The van der Waals surface area contributed by atoms with Crippen LogP contribution in [0.1, 0.15) is 112 Å². The SMILES string of the molecule is CCCC(CCC)CC(CCC)CC(CCC)CCC. The van der Waals surface area contributed by atoms with Gasteiger partial charge in [-0.3, -0.25) is 0 Å². The van der Waals surface area contributed by atoms with Gasteiger partial charge >= 0.3 is 0 Å². The first-order valence-electron chi connectivity index (χ1n) is 9.71. The van der Waals surface area contributed by atoms with Gasteiger partial charge in [-0.05, 0) is 30.6 Å². The van der Waals surface area contributed by atoms with Gasteiger partial charge < -0.3 is 0 Å². The zero-order chi connectivity index (χ0) is 15.2. The highest BCUT2D eigenvalue weighted by molar-refractivity contribution is 4.71. The van der Waals surface area contributed by atoms with Crippen LogP contribution in [0.3, 0.4) is 0 Å². The van der Waals surface area contributed by atoms with Crippen molar-refractivity contribution < 1.29 is 0 Å². The van der Waals surface area contributed by atoms with Gasteiger partial charge in [0, 0.05) is 0 Å². The van der Waals surface area contributed by atoms with Gasteiger partial charge in [0.05, 0.1) is 0 Å². The summed E-state index contributed by atoms with van der Waals surface area (Å²) >= 11 is 0. The lowest BCUT2D eigenvalue weighted by atomic mass is 9.79. The fourth-order valence-corrected chi connectivity index (χ4v) is 4.08. The topological polar surface area (TPSA) is 0 Å². The van der Waals surface area contributed by atoms with Crippen molar-refractivity contribution in [1.29, 1.82) is 0 Å². The maximum Gasteiger partial charge on any atom is -0.0409 e. The van der Waals surface area contributed by atoms with Crippen LogP contribution in [0.25, 0.3) is 0 Å². The minimum absolute atomic E-state index is 1.01. The second-order valence-corrected chi connectivity index (χ2v) is 7.01. The molecule has 0 nitrogen and oxygen atoms in total. The summed E-state index contributed by atoms with van der Waals surface area (Å²) in [5, 5.41) is 0. The molecule has 0 aliphatic rings. The van der Waals surface area contributed by atoms with Crippen LogP contribution in [0.4, 0.5) is 0 Å². The maximum absolute atomic E-state index is 2.37. The molecule has 0 radical (unpaired) electrons. The molecule has 0 aromatic carbocycles. The lowest BCUT2D eigenvalue weighted by Gasteiger charge is -2.27. The van der Waals surface area contributed by atoms with Crippen molar-refractivity contribution in [2.45, 2.75) is 112 Å². The van der Waals surface area contributed by atoms with Crippen LogP contribution in [-0.2, 0) is 0 Å². The Labute approximate surface area is 130 Å². The Morgan fingerprint density at radius 1 is 0.400 bits per heavy atom. The Morgan fingerprint density at radius 3 is 0.900 bits per heavy atom. The smallest absolute Gasteiger partial charge is 0.0409 e. The second kappa shape index (κ2) is 14.0. The van der Waals surface area contributed by atoms with Crippen molar-refractivity contribution >= 4 is 0 Å². The first-order valence-corrected chi connectivity index (χ1v) is 9.71. The monoisotopic (exact) mass is 282 g/mol. The normalized spacial score (nSPS) is 12.0. The number of hydrogen-bond donors (Lipinski definition) is 0. The fraction of sp³-hybridized carbons (Fsp3) is 1.00. The van der Waals surface area contributed by atoms with Crippen molar-refractivity contribution in [3.05, 3.63) is 0 Å². The quantitative estimate of drug-likeness (QED) is 0.307. The van der Waals surface area contributed by atoms with Gasteiger partial charge in [0.25, 0.3) is 0 Å². The Morgan fingerprint density at radius 2 is 0.650 bits per heavy atom. The van der Waals surface area contributed by atoms with Gasteiger partial charge in [0.15, 0.2) is 0 Å². The average molecular weight is 283 g/mol. The summed E-state index contributed by atoms with van der Waals surface area (Å²) in [5.41, 5.74) is 0. The van der Waals surface area contributed by atoms with Crippen LogP contribution in [0.15, 0.2) is 0 Å². The van der Waals surface area contributed by atoms with Crippen LogP contribution in [0.5, 0.6) is 0 Å². The lowest BCUT2D eigenvalue weighted by Crippen LogP contribution is -2.14. The largest absolute Gasteiger partial charge is 0.0654 e. The molecule has 0 atom stereocenters. The first-order chi connectivity index (χ1) is 9.71. The summed E-state index contributed by atoms with van der Waals surface area (Å²) < 4.78 is 0. The first kappa shape index (κ1) is 20.0. The van der Waals surface area contributed by atoms with E-state index in [-0.39, 0.29) is 0 Å². The molecular formula is C20H42. The van der Waals surface area contributed by atoms with Crippen molar-refractivity contribution in [2.75, 3.05) is 0 Å². The molecule has 0 amide bonds. The molecule has 0 unspecified atom stereocenters. The van der Waals surface area contributed by atoms with E-state index in [1.165, 1.54) is 77.0 Å². The Bertz CT molecular complexity index is 154. The molecule has 0 aliphatic heterocycles. The summed E-state index contributed by atoms with van der Waals surface area (Å²) in [5.74, 6) is 3.02. The maximum atomic E-state index is 2.37. The van der Waals surface area contributed by atoms with Crippen molar-refractivity contribution in [2.24, 2.45) is 17.8 Å². The molecule has 0 aromatic rings. The van der Waals surface area contributed by atoms with Crippen LogP contribution in [0.2, 0.25) is 0 Å². The molecule has 0 N–H and O–H groups in total. The van der Waals surface area contributed by atoms with Crippen LogP contribution in [-0.4, -0.2) is 0 Å². The minimum Gasteiger partial charge on any atom is -0.0654 e. The molecule has 0 bridgehead atoms. The highest BCUT2D eigenvalue weighted by Gasteiger charge is 2.19. The number of rotatable bonds is 14. The highest BCUT2D eigenvalue weighted by Crippen LogP contribution is 2.32. The molecule has 0 fully saturated rings. The molecule has 0 aromatic heterocycles. The Hall–Kier alpha value is 0. The average Bonchev–Trinajstić information content (AvgIpc) is 2.40. The van der Waals surface area contributed by atoms with Gasteiger partial charge in [-0.25, -0.2) is 0 Å². The minimum atomic E-state index is 1.01. The number of hydrogen-bond acceptors (Lipinski definition) is 0. The molecule has 0 heteroatoms. The molecule has 0 aliphatic carbocycles. The van der Waals surface area contributed by atoms with E-state index >= 15 is 0 Å². The lowest BCUT2D eigenvalue weighted by molar-refractivity contribution is 0.253. The molecule has 20 heavy (non-hydrogen) atoms. The van der Waals surface area contributed by atoms with E-state index in [2.05, 4.69) is 34.6 Å². The van der Waals surface area contributed by atoms with E-state index < -0.39 is 0 Å². The molecule has 122 valence electrons. The Balaban J connectivity index is 4.41. The third-order valence-electron chi connectivity index (χ3n) is 4.82. The zero-order valence-corrected chi connectivity index (χ0v) is 15.2. The van der Waals surface area contributed by atoms with Crippen molar-refractivity contribution in [3.8, 4) is 0 Å². The van der Waals surface area contributed by atoms with Crippen molar-refractivity contribution in [1.82, 2.24) is 0 Å². The zero-order valence-electron chi connectivity index (χ0n) is 15.2. The molecule has 0 spiro atoms. The summed E-state index contributed by atoms with van der Waals surface area (Å²) in [6.07, 6.45) is 17.2. The summed E-state index contributed by atoms with van der Waals surface area (Å²) in [7, 11) is 0. The molecule has 0 saturated carbocycles. The van der Waals surface area contributed by atoms with Gasteiger partial charge in [-0.15, -0.1) is 0 Å². The highest BCUT2D eigenvalue weighted by atomic mass is 14.2. The molecule has 0 saturated heterocycles. The van der Waals surface area contributed by atoms with Gasteiger partial charge in [-0.2, -0.15) is 0 Å². The van der Waals surface area contributed by atoms with E-state index in [0.717, 1.165) is 17.8 Å². The molecule has 0 heterocycles. The third kappa shape index (κ3) is 9.83. The Kier molecular flexibility index (Phi) is 14.0. The van der Waals surface area contributed by atoms with E-state index in [4.69, 9.17) is 0 Å². The van der Waals surface area contributed by atoms with E-state index in [1.807, 2.05) is 0 Å². The van der Waals surface area contributed by atoms with E-state index in [1.54, 1.807) is 0 Å². The van der Waals surface area contributed by atoms with Crippen LogP contribution >= 0.6 is 0 Å². The van der Waals surface area contributed by atoms with Gasteiger partial charge in [0.2, 0.25) is 0 Å². The summed E-state index contributed by atoms with van der Waals surface area (Å²) in [4.78, 5) is 0. The summed E-state index contributed by atoms with van der Waals surface area (Å²) in [6.45, 7) is 11.8. The fourth-order valence-electron chi connectivity index (χ4n) is 4.08. The third-order valence-corrected chi connectivity index (χ3v) is 4.82. The van der Waals surface area contributed by atoms with Crippen LogP contribution < -0.4 is 0 Å². The second-order valence-electron chi connectivity index (χ2n) is 7.01. The summed E-state index contributed by atoms with van der Waals surface area (Å²) in [6, 6.07) is 0. The van der Waals surface area contributed by atoms with Gasteiger partial charge in [0.1, 0.15) is 0 Å². The van der Waals surface area contributed by atoms with Crippen LogP contribution in [0, 0.1) is 17.8 Å². The van der Waals surface area contributed by atoms with E-state index in [0.29, 0.717) is 0 Å². The van der Waals surface area contributed by atoms with Crippen molar-refractivity contribution in [3.63, 3.8) is 0 Å². The molecular weight excluding hydrogens is 240 g/mol. The van der Waals surface area contributed by atoms with E-state index in [9.17, 15) is 0 Å². The molecule has 0 rings (SSSR count).